The van der Waals surface area contributed by atoms with Crippen LogP contribution in [0.2, 0.25) is 0 Å². The van der Waals surface area contributed by atoms with Crippen molar-refractivity contribution in [1.29, 1.82) is 0 Å². The first-order valence-corrected chi connectivity index (χ1v) is 7.34. The third kappa shape index (κ3) is 8.06. The molecule has 1 rings (SSSR count). The van der Waals surface area contributed by atoms with Gasteiger partial charge in [-0.05, 0) is 32.1 Å². The first-order chi connectivity index (χ1) is 9.27. The molecule has 0 unspecified atom stereocenters. The fourth-order valence-corrected chi connectivity index (χ4v) is 1.71. The highest BCUT2D eigenvalue weighted by molar-refractivity contribution is 5.79. The number of methoxy groups -OCH3 is 1. The predicted octanol–water partition coefficient (Wildman–Crippen LogP) is 1.35. The Bertz CT molecular complexity index is 255. The third-order valence-electron chi connectivity index (χ3n) is 3.09. The fraction of sp³-hybridized carbons (Fsp3) is 0.929. The van der Waals surface area contributed by atoms with Crippen LogP contribution in [0.5, 0.6) is 0 Å². The summed E-state index contributed by atoms with van der Waals surface area (Å²) in [6.07, 6.45) is 3.65. The van der Waals surface area contributed by atoms with Gasteiger partial charge in [-0.2, -0.15) is 0 Å². The van der Waals surface area contributed by atoms with Crippen LogP contribution in [0.25, 0.3) is 0 Å². The second-order valence-electron chi connectivity index (χ2n) is 5.02. The standard InChI is InChI=1S/C14H29N3O2/c1-4-15-14(16-8-5-10-18-3)17(2)9-11-19-12-13-6-7-13/h13H,4-12H2,1-3H3,(H,15,16). The SMILES string of the molecule is CCNC(=NCCCOC)N(C)CCOCC1CC1. The van der Waals surface area contributed by atoms with Gasteiger partial charge in [-0.25, -0.2) is 0 Å². The van der Waals surface area contributed by atoms with Gasteiger partial charge in [-0.1, -0.05) is 0 Å². The highest BCUT2D eigenvalue weighted by Gasteiger charge is 2.21. The van der Waals surface area contributed by atoms with Crippen molar-refractivity contribution in [2.45, 2.75) is 26.2 Å². The lowest BCUT2D eigenvalue weighted by Gasteiger charge is -2.22. The second-order valence-corrected chi connectivity index (χ2v) is 5.02. The number of hydrogen-bond acceptors (Lipinski definition) is 3. The van der Waals surface area contributed by atoms with Gasteiger partial charge in [0.15, 0.2) is 5.96 Å². The Morgan fingerprint density at radius 3 is 2.79 bits per heavy atom. The molecule has 1 N–H and O–H groups in total. The van der Waals surface area contributed by atoms with Crippen LogP contribution in [0.15, 0.2) is 4.99 Å². The maximum atomic E-state index is 5.66. The molecule has 0 spiro atoms. The molecule has 0 heterocycles. The van der Waals surface area contributed by atoms with Crippen LogP contribution < -0.4 is 5.32 Å². The summed E-state index contributed by atoms with van der Waals surface area (Å²) in [7, 11) is 3.77. The molecule has 0 aromatic rings. The minimum Gasteiger partial charge on any atom is -0.385 e. The Morgan fingerprint density at radius 2 is 2.16 bits per heavy atom. The molecule has 0 aliphatic heterocycles. The smallest absolute Gasteiger partial charge is 0.193 e. The van der Waals surface area contributed by atoms with E-state index in [1.807, 2.05) is 0 Å². The van der Waals surface area contributed by atoms with Gasteiger partial charge in [0.2, 0.25) is 0 Å². The molecular formula is C14H29N3O2. The Balaban J connectivity index is 2.18. The van der Waals surface area contributed by atoms with Crippen LogP contribution in [-0.4, -0.2) is 64.5 Å². The largest absolute Gasteiger partial charge is 0.385 e. The van der Waals surface area contributed by atoms with Crippen molar-refractivity contribution in [3.05, 3.63) is 0 Å². The number of nitrogens with one attached hydrogen (secondary N) is 1. The molecule has 1 saturated carbocycles. The van der Waals surface area contributed by atoms with Crippen LogP contribution >= 0.6 is 0 Å². The molecule has 19 heavy (non-hydrogen) atoms. The van der Waals surface area contributed by atoms with Gasteiger partial charge >= 0.3 is 0 Å². The quantitative estimate of drug-likeness (QED) is 0.370. The molecule has 112 valence electrons. The van der Waals surface area contributed by atoms with E-state index in [1.54, 1.807) is 7.11 Å². The average Bonchev–Trinajstić information content (AvgIpc) is 3.22. The summed E-state index contributed by atoms with van der Waals surface area (Å²) >= 11 is 0. The summed E-state index contributed by atoms with van der Waals surface area (Å²) in [5.41, 5.74) is 0. The van der Waals surface area contributed by atoms with Crippen molar-refractivity contribution in [3.8, 4) is 0 Å². The van der Waals surface area contributed by atoms with Crippen LogP contribution in [0.3, 0.4) is 0 Å². The highest BCUT2D eigenvalue weighted by atomic mass is 16.5. The molecule has 0 saturated heterocycles. The Labute approximate surface area is 117 Å². The first kappa shape index (κ1) is 16.2. The average molecular weight is 271 g/mol. The molecule has 0 aromatic carbocycles. The van der Waals surface area contributed by atoms with Gasteiger partial charge in [-0.3, -0.25) is 4.99 Å². The monoisotopic (exact) mass is 271 g/mol. The number of rotatable bonds is 10. The van der Waals surface area contributed by atoms with Crippen molar-refractivity contribution >= 4 is 5.96 Å². The van der Waals surface area contributed by atoms with Crippen molar-refractivity contribution in [3.63, 3.8) is 0 Å². The molecule has 1 fully saturated rings. The van der Waals surface area contributed by atoms with E-state index in [-0.39, 0.29) is 0 Å². The van der Waals surface area contributed by atoms with Crippen LogP contribution in [-0.2, 0) is 9.47 Å². The molecular weight excluding hydrogens is 242 g/mol. The van der Waals surface area contributed by atoms with Crippen LogP contribution in [0.1, 0.15) is 26.2 Å². The molecule has 1 aliphatic carbocycles. The highest BCUT2D eigenvalue weighted by Crippen LogP contribution is 2.28. The van der Waals surface area contributed by atoms with Crippen molar-refractivity contribution in [1.82, 2.24) is 10.2 Å². The molecule has 0 amide bonds. The fourth-order valence-electron chi connectivity index (χ4n) is 1.71. The molecule has 5 nitrogen and oxygen atoms in total. The minimum absolute atomic E-state index is 0.761. The van der Waals surface area contributed by atoms with E-state index in [0.29, 0.717) is 0 Å². The zero-order valence-corrected chi connectivity index (χ0v) is 12.7. The van der Waals surface area contributed by atoms with Gasteiger partial charge in [0.1, 0.15) is 0 Å². The number of likely N-dealkylation sites (N-methyl/N-ethyl adjacent to an activating group) is 1. The molecule has 5 heteroatoms. The van der Waals surface area contributed by atoms with Gasteiger partial charge in [-0.15, -0.1) is 0 Å². The van der Waals surface area contributed by atoms with Gasteiger partial charge in [0.25, 0.3) is 0 Å². The van der Waals surface area contributed by atoms with E-state index >= 15 is 0 Å². The van der Waals surface area contributed by atoms with E-state index in [1.165, 1.54) is 12.8 Å². The Kier molecular flexibility index (Phi) is 8.58. The summed E-state index contributed by atoms with van der Waals surface area (Å²) in [5, 5.41) is 3.30. The minimum atomic E-state index is 0.761. The normalized spacial score (nSPS) is 15.6. The van der Waals surface area contributed by atoms with E-state index < -0.39 is 0 Å². The lowest BCUT2D eigenvalue weighted by molar-refractivity contribution is 0.115. The number of nitrogens with zero attached hydrogens (tertiary/aromatic N) is 2. The number of aliphatic imine (C=N–C) groups is 1. The predicted molar refractivity (Wildman–Crippen MR) is 78.6 cm³/mol. The first-order valence-electron chi connectivity index (χ1n) is 7.34. The molecule has 0 aromatic heterocycles. The van der Waals surface area contributed by atoms with E-state index in [4.69, 9.17) is 9.47 Å². The Morgan fingerprint density at radius 1 is 1.37 bits per heavy atom. The zero-order chi connectivity index (χ0) is 13.9. The topological polar surface area (TPSA) is 46.1 Å². The van der Waals surface area contributed by atoms with Gasteiger partial charge in [0.05, 0.1) is 6.61 Å². The maximum Gasteiger partial charge on any atom is 0.193 e. The Hall–Kier alpha value is -0.810. The summed E-state index contributed by atoms with van der Waals surface area (Å²) in [6.45, 7) is 7.10. The molecule has 0 bridgehead atoms. The van der Waals surface area contributed by atoms with Crippen LogP contribution in [0.4, 0.5) is 0 Å². The molecule has 0 radical (unpaired) electrons. The van der Waals surface area contributed by atoms with Gasteiger partial charge < -0.3 is 19.7 Å². The van der Waals surface area contributed by atoms with E-state index in [9.17, 15) is 0 Å². The van der Waals surface area contributed by atoms with E-state index in [2.05, 4.69) is 29.2 Å². The lowest BCUT2D eigenvalue weighted by Crippen LogP contribution is -2.40. The zero-order valence-electron chi connectivity index (χ0n) is 12.7. The molecule has 1 aliphatic rings. The van der Waals surface area contributed by atoms with E-state index in [0.717, 1.165) is 57.8 Å². The van der Waals surface area contributed by atoms with Crippen molar-refractivity contribution in [2.24, 2.45) is 10.9 Å². The lowest BCUT2D eigenvalue weighted by atomic mass is 10.4. The van der Waals surface area contributed by atoms with Crippen molar-refractivity contribution < 1.29 is 9.47 Å². The number of ether oxygens (including phenoxy) is 2. The van der Waals surface area contributed by atoms with Gasteiger partial charge in [0, 0.05) is 47.0 Å². The summed E-state index contributed by atoms with van der Waals surface area (Å²) < 4.78 is 10.7. The second kappa shape index (κ2) is 10.0. The maximum absolute atomic E-state index is 5.66. The summed E-state index contributed by atoms with van der Waals surface area (Å²) in [4.78, 5) is 6.70. The van der Waals surface area contributed by atoms with Crippen LogP contribution in [0, 0.1) is 5.92 Å². The summed E-state index contributed by atoms with van der Waals surface area (Å²) in [6, 6.07) is 0. The third-order valence-corrected chi connectivity index (χ3v) is 3.09. The summed E-state index contributed by atoms with van der Waals surface area (Å²) in [5.74, 6) is 1.79. The number of hydrogen-bond donors (Lipinski definition) is 1. The number of guanidine groups is 1. The van der Waals surface area contributed by atoms with Crippen molar-refractivity contribution in [2.75, 3.05) is 53.6 Å². The molecule has 0 atom stereocenters.